The fourth-order valence-electron chi connectivity index (χ4n) is 2.64. The van der Waals surface area contributed by atoms with Gasteiger partial charge in [-0.3, -0.25) is 4.90 Å². The van der Waals surface area contributed by atoms with Gasteiger partial charge in [0.2, 0.25) is 0 Å². The zero-order valence-corrected chi connectivity index (χ0v) is 12.0. The Kier molecular flexibility index (Phi) is 6.18. The first kappa shape index (κ1) is 14.4. The second-order valence-electron chi connectivity index (χ2n) is 5.26. The molecule has 1 saturated heterocycles. The maximum Gasteiger partial charge on any atom is 0.119 e. The zero-order chi connectivity index (χ0) is 13.3. The Morgan fingerprint density at radius 2 is 2.11 bits per heavy atom. The van der Waals surface area contributed by atoms with Gasteiger partial charge in [0.1, 0.15) is 12.4 Å². The summed E-state index contributed by atoms with van der Waals surface area (Å²) in [5, 5.41) is 3.57. The SMILES string of the molecule is CCCN(CCOc1ccccc1)CC1CCCN1. The molecular formula is C16H26N2O. The first-order chi connectivity index (χ1) is 9.38. The molecule has 1 aromatic rings. The Labute approximate surface area is 116 Å². The van der Waals surface area contributed by atoms with Crippen molar-refractivity contribution in [3.8, 4) is 5.75 Å². The minimum Gasteiger partial charge on any atom is -0.492 e. The summed E-state index contributed by atoms with van der Waals surface area (Å²) in [4.78, 5) is 2.52. The molecular weight excluding hydrogens is 236 g/mol. The van der Waals surface area contributed by atoms with Crippen molar-refractivity contribution < 1.29 is 4.74 Å². The lowest BCUT2D eigenvalue weighted by Gasteiger charge is -2.25. The van der Waals surface area contributed by atoms with Crippen molar-refractivity contribution in [1.29, 1.82) is 0 Å². The van der Waals surface area contributed by atoms with E-state index in [1.54, 1.807) is 0 Å². The number of nitrogens with one attached hydrogen (secondary N) is 1. The summed E-state index contributed by atoms with van der Waals surface area (Å²) < 4.78 is 5.79. The molecule has 106 valence electrons. The molecule has 0 radical (unpaired) electrons. The monoisotopic (exact) mass is 262 g/mol. The molecule has 0 amide bonds. The van der Waals surface area contributed by atoms with E-state index in [1.165, 1.54) is 25.8 Å². The quantitative estimate of drug-likeness (QED) is 0.779. The molecule has 3 heteroatoms. The fourth-order valence-corrected chi connectivity index (χ4v) is 2.64. The normalized spacial score (nSPS) is 18.9. The Bertz CT molecular complexity index is 336. The number of benzene rings is 1. The summed E-state index contributed by atoms with van der Waals surface area (Å²) in [5.74, 6) is 0.970. The van der Waals surface area contributed by atoms with Gasteiger partial charge in [-0.1, -0.05) is 25.1 Å². The highest BCUT2D eigenvalue weighted by Crippen LogP contribution is 2.10. The summed E-state index contributed by atoms with van der Waals surface area (Å²) in [6.45, 7) is 7.54. The van der Waals surface area contributed by atoms with E-state index in [9.17, 15) is 0 Å². The number of para-hydroxylation sites is 1. The van der Waals surface area contributed by atoms with E-state index in [1.807, 2.05) is 30.3 Å². The fraction of sp³-hybridized carbons (Fsp3) is 0.625. The Morgan fingerprint density at radius 3 is 2.79 bits per heavy atom. The van der Waals surface area contributed by atoms with Gasteiger partial charge in [-0.25, -0.2) is 0 Å². The molecule has 19 heavy (non-hydrogen) atoms. The lowest BCUT2D eigenvalue weighted by atomic mass is 10.2. The van der Waals surface area contributed by atoms with Crippen LogP contribution in [0.3, 0.4) is 0 Å². The zero-order valence-electron chi connectivity index (χ0n) is 12.0. The molecule has 1 aliphatic heterocycles. The largest absolute Gasteiger partial charge is 0.492 e. The third kappa shape index (κ3) is 5.21. The highest BCUT2D eigenvalue weighted by Gasteiger charge is 2.17. The molecule has 1 fully saturated rings. The molecule has 3 nitrogen and oxygen atoms in total. The van der Waals surface area contributed by atoms with E-state index in [0.717, 1.165) is 32.0 Å². The van der Waals surface area contributed by atoms with Crippen LogP contribution in [0, 0.1) is 0 Å². The maximum atomic E-state index is 5.79. The summed E-state index contributed by atoms with van der Waals surface area (Å²) in [6.07, 6.45) is 3.85. The van der Waals surface area contributed by atoms with Crippen LogP contribution in [0.2, 0.25) is 0 Å². The van der Waals surface area contributed by atoms with E-state index < -0.39 is 0 Å². The average molecular weight is 262 g/mol. The Morgan fingerprint density at radius 1 is 1.26 bits per heavy atom. The summed E-state index contributed by atoms with van der Waals surface area (Å²) in [6, 6.07) is 10.8. The van der Waals surface area contributed by atoms with Gasteiger partial charge in [0.05, 0.1) is 0 Å². The van der Waals surface area contributed by atoms with Gasteiger partial charge in [-0.15, -0.1) is 0 Å². The minimum absolute atomic E-state index is 0.684. The van der Waals surface area contributed by atoms with Crippen LogP contribution in [0.25, 0.3) is 0 Å². The molecule has 0 spiro atoms. The summed E-state index contributed by atoms with van der Waals surface area (Å²) >= 11 is 0. The minimum atomic E-state index is 0.684. The molecule has 1 heterocycles. The second kappa shape index (κ2) is 8.18. The highest BCUT2D eigenvalue weighted by atomic mass is 16.5. The van der Waals surface area contributed by atoms with Crippen LogP contribution in [0.5, 0.6) is 5.75 Å². The molecule has 0 aromatic heterocycles. The van der Waals surface area contributed by atoms with Crippen molar-refractivity contribution in [2.75, 3.05) is 32.8 Å². The first-order valence-electron chi connectivity index (χ1n) is 7.52. The number of hydrogen-bond donors (Lipinski definition) is 1. The van der Waals surface area contributed by atoms with Crippen molar-refractivity contribution in [1.82, 2.24) is 10.2 Å². The van der Waals surface area contributed by atoms with Crippen molar-refractivity contribution in [2.24, 2.45) is 0 Å². The van der Waals surface area contributed by atoms with Gasteiger partial charge < -0.3 is 10.1 Å². The van der Waals surface area contributed by atoms with Gasteiger partial charge in [-0.2, -0.15) is 0 Å². The lowest BCUT2D eigenvalue weighted by Crippen LogP contribution is -2.39. The number of ether oxygens (including phenoxy) is 1. The Hall–Kier alpha value is -1.06. The lowest BCUT2D eigenvalue weighted by molar-refractivity contribution is 0.196. The van der Waals surface area contributed by atoms with Crippen LogP contribution in [-0.2, 0) is 0 Å². The molecule has 1 unspecified atom stereocenters. The third-order valence-corrected chi connectivity index (χ3v) is 3.60. The smallest absolute Gasteiger partial charge is 0.119 e. The van der Waals surface area contributed by atoms with E-state index in [0.29, 0.717) is 6.04 Å². The van der Waals surface area contributed by atoms with Crippen LogP contribution in [0.1, 0.15) is 26.2 Å². The molecule has 1 atom stereocenters. The van der Waals surface area contributed by atoms with E-state index in [2.05, 4.69) is 17.1 Å². The van der Waals surface area contributed by atoms with Gasteiger partial charge in [-0.05, 0) is 44.5 Å². The Balaban J connectivity index is 1.70. The molecule has 1 aliphatic rings. The van der Waals surface area contributed by atoms with E-state index in [4.69, 9.17) is 4.74 Å². The van der Waals surface area contributed by atoms with Crippen molar-refractivity contribution in [2.45, 2.75) is 32.2 Å². The number of hydrogen-bond acceptors (Lipinski definition) is 3. The summed E-state index contributed by atoms with van der Waals surface area (Å²) in [5.41, 5.74) is 0. The molecule has 2 rings (SSSR count). The molecule has 0 bridgehead atoms. The van der Waals surface area contributed by atoms with Crippen LogP contribution < -0.4 is 10.1 Å². The standard InChI is InChI=1S/C16H26N2O/c1-2-11-18(14-15-7-6-10-17-15)12-13-19-16-8-4-3-5-9-16/h3-5,8-9,15,17H,2,6-7,10-14H2,1H3. The second-order valence-corrected chi connectivity index (χ2v) is 5.26. The molecule has 0 aliphatic carbocycles. The van der Waals surface area contributed by atoms with E-state index in [-0.39, 0.29) is 0 Å². The molecule has 0 saturated carbocycles. The van der Waals surface area contributed by atoms with Gasteiger partial charge in [0.25, 0.3) is 0 Å². The highest BCUT2D eigenvalue weighted by molar-refractivity contribution is 5.20. The maximum absolute atomic E-state index is 5.79. The van der Waals surface area contributed by atoms with Gasteiger partial charge in [0.15, 0.2) is 0 Å². The van der Waals surface area contributed by atoms with Crippen molar-refractivity contribution in [3.63, 3.8) is 0 Å². The predicted octanol–water partition coefficient (Wildman–Crippen LogP) is 2.53. The van der Waals surface area contributed by atoms with Crippen molar-refractivity contribution >= 4 is 0 Å². The van der Waals surface area contributed by atoms with Crippen LogP contribution in [-0.4, -0.2) is 43.7 Å². The molecule has 1 N–H and O–H groups in total. The topological polar surface area (TPSA) is 24.5 Å². The van der Waals surface area contributed by atoms with Crippen LogP contribution in [0.15, 0.2) is 30.3 Å². The van der Waals surface area contributed by atoms with Crippen LogP contribution in [0.4, 0.5) is 0 Å². The van der Waals surface area contributed by atoms with E-state index >= 15 is 0 Å². The van der Waals surface area contributed by atoms with Crippen LogP contribution >= 0.6 is 0 Å². The van der Waals surface area contributed by atoms with Crippen molar-refractivity contribution in [3.05, 3.63) is 30.3 Å². The predicted molar refractivity (Wildman–Crippen MR) is 79.7 cm³/mol. The number of rotatable bonds is 8. The van der Waals surface area contributed by atoms with Gasteiger partial charge in [0, 0.05) is 19.1 Å². The molecule has 1 aromatic carbocycles. The average Bonchev–Trinajstić information content (AvgIpc) is 2.93. The number of nitrogens with zero attached hydrogens (tertiary/aromatic N) is 1. The van der Waals surface area contributed by atoms with Gasteiger partial charge >= 0.3 is 0 Å². The summed E-state index contributed by atoms with van der Waals surface area (Å²) in [7, 11) is 0. The first-order valence-corrected chi connectivity index (χ1v) is 7.52. The third-order valence-electron chi connectivity index (χ3n) is 3.60.